The van der Waals surface area contributed by atoms with E-state index < -0.39 is 110 Å². The van der Waals surface area contributed by atoms with Crippen LogP contribution in [-0.4, -0.2) is 160 Å². The van der Waals surface area contributed by atoms with Gasteiger partial charge in [-0.1, -0.05) is 12.1 Å². The number of hydrogen-bond donors (Lipinski definition) is 5. The lowest BCUT2D eigenvalue weighted by Crippen LogP contribution is -2.55. The quantitative estimate of drug-likeness (QED) is 0.0522. The third-order valence-electron chi connectivity index (χ3n) is 10.8. The number of methoxy groups -OCH3 is 1. The zero-order valence-electron chi connectivity index (χ0n) is 47.9. The Hall–Kier alpha value is -6.89. The van der Waals surface area contributed by atoms with E-state index in [0.717, 1.165) is 16.9 Å². The standard InChI is InChI=1S/C53H81N7O17S/c1-32-42(61)57-38(45(64)71-16)30-33-20-22-40(73-49(68)77-53(11,12)13)35(29-33)36-31-34(21-23-39(36)72-27-25-55-47(66)75-51(5,6)7)41(43(62)56-32)60(15)44(63)37(19-17-18-24-54-46(65)74-50(2,3)4)58-78(69,70)28-26-59(14)48(67)76-52(8,9)10/h20-23,29,31-32,37-38,41,58H,17-19,24-28,30H2,1-16H3,(H,54,65)(H,55,66)(H,56,62)(H,57,61)/t32-,37-,38-,41-/m0/s1. The van der Waals surface area contributed by atoms with Crippen LogP contribution in [0, 0.1) is 0 Å². The summed E-state index contributed by atoms with van der Waals surface area (Å²) in [7, 11) is -0.642. The lowest BCUT2D eigenvalue weighted by atomic mass is 9.93. The molecule has 1 aliphatic heterocycles. The molecule has 0 unspecified atom stereocenters. The van der Waals surface area contributed by atoms with E-state index in [4.69, 9.17) is 33.2 Å². The number of benzene rings is 2. The molecule has 3 rings (SSSR count). The number of sulfonamides is 1. The maximum absolute atomic E-state index is 15.1. The molecular formula is C53H81N7O17S. The lowest BCUT2D eigenvalue weighted by molar-refractivity contribution is -0.145. The Bertz CT molecular complexity index is 2580. The first-order valence-corrected chi connectivity index (χ1v) is 27.2. The van der Waals surface area contributed by atoms with Crippen molar-refractivity contribution in [3.8, 4) is 22.6 Å². The minimum atomic E-state index is -4.40. The molecule has 0 saturated carbocycles. The Labute approximate surface area is 458 Å². The molecule has 0 aromatic heterocycles. The number of amides is 6. The van der Waals surface area contributed by atoms with E-state index in [-0.39, 0.29) is 80.1 Å². The summed E-state index contributed by atoms with van der Waals surface area (Å²) in [5.41, 5.74) is -2.61. The molecule has 4 atom stereocenters. The van der Waals surface area contributed by atoms with Crippen LogP contribution in [0.3, 0.4) is 0 Å². The second-order valence-corrected chi connectivity index (χ2v) is 24.5. The Balaban J connectivity index is 2.28. The maximum Gasteiger partial charge on any atom is 0.514 e. The highest BCUT2D eigenvalue weighted by molar-refractivity contribution is 7.89. The van der Waals surface area contributed by atoms with E-state index in [1.54, 1.807) is 95.2 Å². The predicted molar refractivity (Wildman–Crippen MR) is 287 cm³/mol. The third kappa shape index (κ3) is 22.6. The van der Waals surface area contributed by atoms with Gasteiger partial charge in [-0.15, -0.1) is 0 Å². The molecule has 2 aromatic carbocycles. The van der Waals surface area contributed by atoms with E-state index in [9.17, 15) is 42.0 Å². The van der Waals surface area contributed by atoms with Crippen molar-refractivity contribution in [3.63, 3.8) is 0 Å². The van der Waals surface area contributed by atoms with Crippen molar-refractivity contribution < 1.29 is 79.9 Å². The van der Waals surface area contributed by atoms with Gasteiger partial charge in [0.15, 0.2) is 0 Å². The number of ether oxygens (including phenoxy) is 7. The summed E-state index contributed by atoms with van der Waals surface area (Å²) in [6.45, 7) is 21.0. The van der Waals surface area contributed by atoms with Crippen LogP contribution in [0.4, 0.5) is 19.2 Å². The highest BCUT2D eigenvalue weighted by Crippen LogP contribution is 2.40. The first-order valence-electron chi connectivity index (χ1n) is 25.5. The fourth-order valence-corrected chi connectivity index (χ4v) is 8.66. The van der Waals surface area contributed by atoms with Crippen LogP contribution < -0.4 is 35.5 Å². The minimum absolute atomic E-state index is 0.0519. The summed E-state index contributed by atoms with van der Waals surface area (Å²) in [6, 6.07) is 3.10. The van der Waals surface area contributed by atoms with Gasteiger partial charge in [-0.3, -0.25) is 14.4 Å². The van der Waals surface area contributed by atoms with Crippen molar-refractivity contribution in [3.05, 3.63) is 47.5 Å². The minimum Gasteiger partial charge on any atom is -0.491 e. The van der Waals surface area contributed by atoms with Gasteiger partial charge in [-0.25, -0.2) is 37.1 Å². The number of carbonyl (C=O) groups excluding carboxylic acids is 8. The van der Waals surface area contributed by atoms with Gasteiger partial charge in [-0.2, -0.15) is 0 Å². The largest absolute Gasteiger partial charge is 0.514 e. The van der Waals surface area contributed by atoms with Crippen LogP contribution in [0.5, 0.6) is 11.5 Å². The number of unbranched alkanes of at least 4 members (excludes halogenated alkanes) is 1. The number of carbonyl (C=O) groups is 8. The van der Waals surface area contributed by atoms with Gasteiger partial charge in [0.25, 0.3) is 0 Å². The monoisotopic (exact) mass is 1120 g/mol. The molecule has 2 aromatic rings. The molecule has 5 N–H and O–H groups in total. The van der Waals surface area contributed by atoms with Gasteiger partial charge in [-0.05, 0) is 145 Å². The molecule has 0 spiro atoms. The first-order chi connectivity index (χ1) is 35.9. The van der Waals surface area contributed by atoms with E-state index >= 15 is 4.79 Å². The zero-order chi connectivity index (χ0) is 59.1. The van der Waals surface area contributed by atoms with Gasteiger partial charge in [0.2, 0.25) is 27.7 Å². The van der Waals surface area contributed by atoms with Crippen molar-refractivity contribution >= 4 is 58.1 Å². The number of alkyl carbamates (subject to hydrolysis) is 2. The summed E-state index contributed by atoms with van der Waals surface area (Å²) in [6.07, 6.45) is -3.16. The highest BCUT2D eigenvalue weighted by Gasteiger charge is 2.37. The summed E-state index contributed by atoms with van der Waals surface area (Å²) in [4.78, 5) is 110. The fraction of sp³-hybridized carbons (Fsp3) is 0.623. The molecule has 0 radical (unpaired) electrons. The number of hydrogen-bond acceptors (Lipinski definition) is 17. The van der Waals surface area contributed by atoms with Crippen LogP contribution in [-0.2, 0) is 59.3 Å². The van der Waals surface area contributed by atoms with E-state index in [1.807, 2.05) is 0 Å². The molecule has 25 heteroatoms. The van der Waals surface area contributed by atoms with Crippen LogP contribution in [0.1, 0.15) is 126 Å². The van der Waals surface area contributed by atoms with Gasteiger partial charge in [0, 0.05) is 44.7 Å². The predicted octanol–water partition coefficient (Wildman–Crippen LogP) is 5.64. The Morgan fingerprint density at radius 3 is 1.86 bits per heavy atom. The third-order valence-corrected chi connectivity index (χ3v) is 12.2. The average Bonchev–Trinajstić information content (AvgIpc) is 3.29. The second-order valence-electron chi connectivity index (χ2n) is 22.6. The smallest absolute Gasteiger partial charge is 0.491 e. The van der Waals surface area contributed by atoms with Gasteiger partial charge in [0.05, 0.1) is 19.4 Å². The molecule has 0 saturated heterocycles. The summed E-state index contributed by atoms with van der Waals surface area (Å²) < 4.78 is 68.9. The normalized spacial score (nSPS) is 16.6. The van der Waals surface area contributed by atoms with Crippen molar-refractivity contribution in [2.45, 2.75) is 162 Å². The van der Waals surface area contributed by atoms with Crippen molar-refractivity contribution in [2.24, 2.45) is 0 Å². The van der Waals surface area contributed by atoms with Crippen molar-refractivity contribution in [2.75, 3.05) is 53.2 Å². The summed E-state index contributed by atoms with van der Waals surface area (Å²) in [5.74, 6) is -4.10. The van der Waals surface area contributed by atoms with Crippen LogP contribution >= 0.6 is 0 Å². The van der Waals surface area contributed by atoms with E-state index in [0.29, 0.717) is 5.56 Å². The number of nitrogens with zero attached hydrogens (tertiary/aromatic N) is 2. The highest BCUT2D eigenvalue weighted by atomic mass is 32.2. The summed E-state index contributed by atoms with van der Waals surface area (Å²) in [5, 5.41) is 10.5. The molecule has 24 nitrogen and oxygen atoms in total. The van der Waals surface area contributed by atoms with Gasteiger partial charge >= 0.3 is 30.4 Å². The number of esters is 1. The lowest BCUT2D eigenvalue weighted by Gasteiger charge is -2.32. The number of fused-ring (bicyclic) bond motifs is 5. The molecule has 78 heavy (non-hydrogen) atoms. The molecule has 4 bridgehead atoms. The number of rotatable bonds is 18. The van der Waals surface area contributed by atoms with Gasteiger partial charge < -0.3 is 64.2 Å². The van der Waals surface area contributed by atoms with Gasteiger partial charge in [0.1, 0.15) is 64.7 Å². The first kappa shape index (κ1) is 65.4. The van der Waals surface area contributed by atoms with Crippen molar-refractivity contribution in [1.29, 1.82) is 0 Å². The molecule has 1 heterocycles. The SMILES string of the molecule is COC(=O)[C@@H]1Cc2ccc(OC(=O)OC(C)(C)C)c(c2)-c2cc(ccc2OCCNC(=O)OC(C)(C)C)[C@H](N(C)C(=O)[C@H](CCCCNC(=O)OC(C)(C)C)NS(=O)(=O)CCN(C)C(=O)OC(C)(C)C)C(=O)N[C@@H](C)C(=O)N1. The molecule has 1 aliphatic rings. The Morgan fingerprint density at radius 2 is 1.28 bits per heavy atom. The fourth-order valence-electron chi connectivity index (χ4n) is 7.37. The van der Waals surface area contributed by atoms with E-state index in [1.165, 1.54) is 45.3 Å². The van der Waals surface area contributed by atoms with Crippen LogP contribution in [0.2, 0.25) is 0 Å². The van der Waals surface area contributed by atoms with E-state index in [2.05, 4.69) is 26.0 Å². The second kappa shape index (κ2) is 27.6. The molecule has 436 valence electrons. The molecule has 0 aliphatic carbocycles. The maximum atomic E-state index is 15.1. The zero-order valence-corrected chi connectivity index (χ0v) is 48.7. The van der Waals surface area contributed by atoms with Crippen LogP contribution in [0.25, 0.3) is 11.1 Å². The molecule has 0 fully saturated rings. The summed E-state index contributed by atoms with van der Waals surface area (Å²) >= 11 is 0. The topological polar surface area (TPSA) is 302 Å². The Kier molecular flexibility index (Phi) is 23.2. The number of nitrogens with one attached hydrogen (secondary N) is 5. The van der Waals surface area contributed by atoms with Crippen LogP contribution in [0.15, 0.2) is 36.4 Å². The molecular weight excluding hydrogens is 1040 g/mol. The number of likely N-dealkylation sites (N-methyl/N-ethyl adjacent to an activating group) is 1. The molecule has 6 amide bonds. The van der Waals surface area contributed by atoms with Crippen molar-refractivity contribution in [1.82, 2.24) is 35.8 Å². The average molecular weight is 1120 g/mol. The Morgan fingerprint density at radius 1 is 0.718 bits per heavy atom.